The molecule has 0 radical (unpaired) electrons. The van der Waals surface area contributed by atoms with E-state index in [2.05, 4.69) is 53.6 Å². The van der Waals surface area contributed by atoms with Gasteiger partial charge in [-0.3, -0.25) is 4.98 Å². The minimum Gasteiger partial charge on any atom is -0.409 e. The van der Waals surface area contributed by atoms with Gasteiger partial charge >= 0.3 is 6.09 Å². The van der Waals surface area contributed by atoms with E-state index >= 15 is 0 Å². The number of amides is 1. The highest BCUT2D eigenvalue weighted by molar-refractivity contribution is 14.1. The molecule has 1 aromatic heterocycles. The highest BCUT2D eigenvalue weighted by atomic mass is 127. The molecule has 180 valence electrons. The summed E-state index contributed by atoms with van der Waals surface area (Å²) in [7, 11) is 0. The minimum absolute atomic E-state index is 0. The Morgan fingerprint density at radius 2 is 1.52 bits per heavy atom. The molecule has 1 aliphatic heterocycles. The largest absolute Gasteiger partial charge is 0.415 e. The lowest BCUT2D eigenvalue weighted by atomic mass is 10.00. The number of alkyl halides is 1. The molecule has 0 aliphatic carbocycles. The summed E-state index contributed by atoms with van der Waals surface area (Å²) in [5.74, 6) is 1.22. The van der Waals surface area contributed by atoms with E-state index in [1.807, 2.05) is 50.8 Å². The van der Waals surface area contributed by atoms with Crippen LogP contribution >= 0.6 is 46.6 Å². The summed E-state index contributed by atoms with van der Waals surface area (Å²) in [5.41, 5.74) is 1.32. The number of nitrogens with zero attached hydrogens (tertiary/aromatic N) is 2. The van der Waals surface area contributed by atoms with Crippen LogP contribution in [0, 0.1) is 12.8 Å². The van der Waals surface area contributed by atoms with E-state index in [1.165, 1.54) is 5.56 Å². The highest BCUT2D eigenvalue weighted by Crippen LogP contribution is 2.17. The third-order valence-electron chi connectivity index (χ3n) is 3.82. The molecule has 0 saturated carbocycles. The van der Waals surface area contributed by atoms with Crippen molar-refractivity contribution in [3.8, 4) is 5.75 Å². The van der Waals surface area contributed by atoms with E-state index < -0.39 is 0 Å². The number of hydrogen-bond donors (Lipinski definition) is 0. The molecule has 1 aromatic carbocycles. The molecule has 0 N–H and O–H groups in total. The maximum atomic E-state index is 11.8. The fourth-order valence-electron chi connectivity index (χ4n) is 2.30. The molecule has 0 unspecified atom stereocenters. The first-order chi connectivity index (χ1) is 14.1. The van der Waals surface area contributed by atoms with Crippen LogP contribution < -0.4 is 4.74 Å². The Hall–Kier alpha value is -0.900. The summed E-state index contributed by atoms with van der Waals surface area (Å²) in [6, 6.07) is 13.7. The maximum absolute atomic E-state index is 11.8. The molecule has 2 heterocycles. The first-order valence-corrected chi connectivity index (χ1v) is 12.6. The Kier molecular flexibility index (Phi) is 32.8. The van der Waals surface area contributed by atoms with E-state index in [1.54, 1.807) is 29.4 Å². The number of aryl methyl sites for hydroxylation is 1. The summed E-state index contributed by atoms with van der Waals surface area (Å²) in [6.07, 6.45) is 5.05. The summed E-state index contributed by atoms with van der Waals surface area (Å²) in [5, 5.41) is 0. The Labute approximate surface area is 222 Å². The summed E-state index contributed by atoms with van der Waals surface area (Å²) in [4.78, 5) is 19.4. The standard InChI is InChI=1S/C12H16N2O2.C7H8.2C2H6.CH3I.CH4.HI/c1-10-4-7-14(8-5-10)12(15)16-11-3-2-6-13-9-11;1-7-5-3-2-4-6-7;3*1-2;;/h2-3,6,9-10H,4-5,7-8H2,1H3;2-6H,1H3;2*1-2H3;1H3;1H4;1H. The zero-order chi connectivity index (χ0) is 22.5. The molecule has 3 rings (SSSR count). The van der Waals surface area contributed by atoms with Crippen LogP contribution in [0.4, 0.5) is 4.79 Å². The van der Waals surface area contributed by atoms with Crippen LogP contribution in [0.25, 0.3) is 0 Å². The van der Waals surface area contributed by atoms with Crippen LogP contribution in [0.3, 0.4) is 0 Å². The number of halogens is 2. The van der Waals surface area contributed by atoms with Crippen LogP contribution in [-0.4, -0.2) is 34.0 Å². The Morgan fingerprint density at radius 1 is 1.00 bits per heavy atom. The number of ether oxygens (including phenoxy) is 1. The SMILES string of the molecule is C.CC.CC.CC1CCN(C(=O)Oc2cccnc2)CC1.CI.Cc1ccccc1.I. The van der Waals surface area contributed by atoms with Crippen molar-refractivity contribution in [2.75, 3.05) is 18.0 Å². The molecule has 1 saturated heterocycles. The lowest BCUT2D eigenvalue weighted by Crippen LogP contribution is -2.39. The molecule has 1 fully saturated rings. The van der Waals surface area contributed by atoms with Gasteiger partial charge in [0.05, 0.1) is 6.20 Å². The molecule has 31 heavy (non-hydrogen) atoms. The van der Waals surface area contributed by atoms with E-state index in [-0.39, 0.29) is 37.5 Å². The first-order valence-electron chi connectivity index (χ1n) is 10.4. The topological polar surface area (TPSA) is 42.4 Å². The molecular formula is C25H44I2N2O2. The maximum Gasteiger partial charge on any atom is 0.415 e. The Morgan fingerprint density at radius 3 is 1.90 bits per heavy atom. The van der Waals surface area contributed by atoms with Crippen molar-refractivity contribution in [1.29, 1.82) is 0 Å². The number of benzene rings is 1. The molecule has 0 atom stereocenters. The number of hydrogen-bond acceptors (Lipinski definition) is 3. The van der Waals surface area contributed by atoms with Gasteiger partial charge in [-0.1, -0.05) is 101 Å². The average Bonchev–Trinajstić information content (AvgIpc) is 2.80. The van der Waals surface area contributed by atoms with Crippen molar-refractivity contribution in [1.82, 2.24) is 9.88 Å². The zero-order valence-electron chi connectivity index (χ0n) is 19.6. The highest BCUT2D eigenvalue weighted by Gasteiger charge is 2.21. The number of rotatable bonds is 1. The number of piperidine rings is 1. The molecule has 4 nitrogen and oxygen atoms in total. The van der Waals surface area contributed by atoms with Crippen LogP contribution in [0.15, 0.2) is 54.9 Å². The molecule has 1 amide bonds. The predicted octanol–water partition coefficient (Wildman–Crippen LogP) is 8.67. The number of carbonyl (C=O) groups excluding carboxylic acids is 1. The normalized spacial score (nSPS) is 11.4. The van der Waals surface area contributed by atoms with Gasteiger partial charge in [0.2, 0.25) is 0 Å². The molecule has 2 aromatic rings. The van der Waals surface area contributed by atoms with Crippen LogP contribution in [0.1, 0.15) is 60.5 Å². The van der Waals surface area contributed by atoms with Crippen LogP contribution in [0.2, 0.25) is 0 Å². The van der Waals surface area contributed by atoms with Gasteiger partial charge < -0.3 is 9.64 Å². The Bertz CT molecular complexity index is 591. The van der Waals surface area contributed by atoms with Crippen molar-refractivity contribution in [3.63, 3.8) is 0 Å². The van der Waals surface area contributed by atoms with Gasteiger partial charge in [-0.2, -0.15) is 0 Å². The van der Waals surface area contributed by atoms with Crippen molar-refractivity contribution in [2.45, 2.75) is 61.8 Å². The Balaban J connectivity index is -0.000000206. The number of pyridine rings is 1. The fraction of sp³-hybridized carbons (Fsp3) is 0.520. The minimum atomic E-state index is -0.264. The lowest BCUT2D eigenvalue weighted by molar-refractivity contribution is 0.133. The van der Waals surface area contributed by atoms with E-state index in [4.69, 9.17) is 4.74 Å². The molecule has 0 spiro atoms. The lowest BCUT2D eigenvalue weighted by Gasteiger charge is -2.29. The van der Waals surface area contributed by atoms with E-state index in [9.17, 15) is 4.79 Å². The average molecular weight is 658 g/mol. The summed E-state index contributed by atoms with van der Waals surface area (Å²) >= 11 is 2.15. The van der Waals surface area contributed by atoms with Crippen LogP contribution in [0.5, 0.6) is 5.75 Å². The quantitative estimate of drug-likeness (QED) is 0.228. The van der Waals surface area contributed by atoms with Gasteiger partial charge in [0, 0.05) is 19.3 Å². The number of carbonyl (C=O) groups is 1. The monoisotopic (exact) mass is 658 g/mol. The van der Waals surface area contributed by atoms with Gasteiger partial charge in [-0.05, 0) is 42.7 Å². The molecular weight excluding hydrogens is 614 g/mol. The van der Waals surface area contributed by atoms with Crippen molar-refractivity contribution in [2.24, 2.45) is 5.92 Å². The van der Waals surface area contributed by atoms with Crippen molar-refractivity contribution >= 4 is 52.7 Å². The third kappa shape index (κ3) is 19.5. The number of likely N-dealkylation sites (tertiary alicyclic amines) is 1. The summed E-state index contributed by atoms with van der Waals surface area (Å²) < 4.78 is 5.21. The molecule has 1 aliphatic rings. The van der Waals surface area contributed by atoms with E-state index in [0.717, 1.165) is 25.9 Å². The molecule has 6 heteroatoms. The smallest absolute Gasteiger partial charge is 0.409 e. The zero-order valence-corrected chi connectivity index (χ0v) is 24.1. The third-order valence-corrected chi connectivity index (χ3v) is 3.82. The van der Waals surface area contributed by atoms with Gasteiger partial charge in [0.15, 0.2) is 5.75 Å². The summed E-state index contributed by atoms with van der Waals surface area (Å²) in [6.45, 7) is 13.9. The van der Waals surface area contributed by atoms with Gasteiger partial charge in [0.25, 0.3) is 0 Å². The van der Waals surface area contributed by atoms with Crippen LogP contribution in [-0.2, 0) is 0 Å². The number of aromatic nitrogens is 1. The van der Waals surface area contributed by atoms with Crippen molar-refractivity contribution in [3.05, 3.63) is 60.4 Å². The second-order valence-corrected chi connectivity index (χ2v) is 5.88. The molecule has 0 bridgehead atoms. The fourth-order valence-corrected chi connectivity index (χ4v) is 2.30. The predicted molar refractivity (Wildman–Crippen MR) is 156 cm³/mol. The van der Waals surface area contributed by atoms with Gasteiger partial charge in [-0.25, -0.2) is 4.79 Å². The van der Waals surface area contributed by atoms with Gasteiger partial charge in [0.1, 0.15) is 0 Å². The van der Waals surface area contributed by atoms with Crippen molar-refractivity contribution < 1.29 is 9.53 Å². The van der Waals surface area contributed by atoms with Gasteiger partial charge in [-0.15, -0.1) is 24.0 Å². The second-order valence-electron chi connectivity index (χ2n) is 5.88. The second kappa shape index (κ2) is 27.1. The van der Waals surface area contributed by atoms with E-state index in [0.29, 0.717) is 11.7 Å². The first kappa shape index (κ1) is 37.4.